The van der Waals surface area contributed by atoms with E-state index in [1.54, 1.807) is 29.8 Å². The normalized spacial score (nSPS) is 14.8. The van der Waals surface area contributed by atoms with E-state index in [9.17, 15) is 9.59 Å². The quantitative estimate of drug-likeness (QED) is 0.611. The molecule has 4 rings (SSSR count). The second kappa shape index (κ2) is 8.65. The second-order valence-electron chi connectivity index (χ2n) is 7.27. The van der Waals surface area contributed by atoms with E-state index >= 15 is 0 Å². The van der Waals surface area contributed by atoms with Gasteiger partial charge in [0.25, 0.3) is 5.56 Å². The van der Waals surface area contributed by atoms with Crippen molar-refractivity contribution in [2.45, 2.75) is 37.5 Å². The molecule has 156 valence electrons. The monoisotopic (exact) mass is 444 g/mol. The van der Waals surface area contributed by atoms with Gasteiger partial charge in [0, 0.05) is 28.6 Å². The number of hydrogen-bond acceptors (Lipinski definition) is 6. The fourth-order valence-corrected chi connectivity index (χ4v) is 4.04. The Kier molecular flexibility index (Phi) is 5.97. The predicted octanol–water partition coefficient (Wildman–Crippen LogP) is 3.19. The van der Waals surface area contributed by atoms with Crippen molar-refractivity contribution >= 4 is 30.3 Å². The van der Waals surface area contributed by atoms with Gasteiger partial charge in [-0.3, -0.25) is 9.36 Å². The van der Waals surface area contributed by atoms with Crippen LogP contribution in [0.25, 0.3) is 6.08 Å². The molecule has 0 amide bonds. The summed E-state index contributed by atoms with van der Waals surface area (Å²) in [5, 5.41) is 4.40. The Bertz CT molecular complexity index is 1210. The van der Waals surface area contributed by atoms with Crippen LogP contribution in [0, 0.1) is 0 Å². The van der Waals surface area contributed by atoms with E-state index in [2.05, 4.69) is 22.8 Å². The van der Waals surface area contributed by atoms with Gasteiger partial charge >= 0.3 is 5.69 Å². The fourth-order valence-electron chi connectivity index (χ4n) is 3.66. The summed E-state index contributed by atoms with van der Waals surface area (Å²) in [5.41, 5.74) is 1.90. The smallest absolute Gasteiger partial charge is 0.331 e. The maximum atomic E-state index is 12.8. The largest absolute Gasteiger partial charge is 0.337 e. The number of rotatable bonds is 5. The maximum Gasteiger partial charge on any atom is 0.331 e. The van der Waals surface area contributed by atoms with E-state index in [0.29, 0.717) is 22.8 Å². The van der Waals surface area contributed by atoms with Crippen molar-refractivity contribution in [3.63, 3.8) is 0 Å². The summed E-state index contributed by atoms with van der Waals surface area (Å²) in [4.78, 5) is 29.8. The van der Waals surface area contributed by atoms with Crippen LogP contribution in [0.4, 0.5) is 0 Å². The molecule has 0 N–H and O–H groups in total. The highest BCUT2D eigenvalue weighted by Gasteiger charge is 2.21. The Morgan fingerprint density at radius 3 is 2.73 bits per heavy atom. The van der Waals surface area contributed by atoms with Crippen molar-refractivity contribution in [3.8, 4) is 0 Å². The number of fused-ring (bicyclic) bond motifs is 1. The molecule has 0 bridgehead atoms. The molecule has 0 saturated heterocycles. The highest BCUT2D eigenvalue weighted by atomic mass is 35.5. The zero-order valence-electron chi connectivity index (χ0n) is 16.4. The standard InChI is InChI=1S/C21H21ClN4O3S/c1-25-16-5-3-2-4-15(16)20(27)26(21(25)28)12-19-23-18(24-29-19)11-10-17(30)13-6-8-14(22)9-7-13/h6-11,17,30H,2-5,12H2,1H3/b11-10+. The van der Waals surface area contributed by atoms with Gasteiger partial charge in [0.15, 0.2) is 5.82 Å². The van der Waals surface area contributed by atoms with Crippen LogP contribution in [0.2, 0.25) is 5.02 Å². The van der Waals surface area contributed by atoms with Crippen molar-refractivity contribution < 1.29 is 4.52 Å². The Labute approximate surface area is 183 Å². The molecule has 1 aliphatic carbocycles. The lowest BCUT2D eigenvalue weighted by atomic mass is 9.97. The summed E-state index contributed by atoms with van der Waals surface area (Å²) in [6, 6.07) is 7.39. The van der Waals surface area contributed by atoms with E-state index in [1.165, 1.54) is 4.57 Å². The lowest BCUT2D eigenvalue weighted by Gasteiger charge is -2.19. The highest BCUT2D eigenvalue weighted by Crippen LogP contribution is 2.23. The van der Waals surface area contributed by atoms with Crippen molar-refractivity contribution in [2.24, 2.45) is 7.05 Å². The number of halogens is 1. The molecule has 0 spiro atoms. The summed E-state index contributed by atoms with van der Waals surface area (Å²) in [6.45, 7) is -0.0544. The molecule has 30 heavy (non-hydrogen) atoms. The summed E-state index contributed by atoms with van der Waals surface area (Å²) < 4.78 is 7.98. The van der Waals surface area contributed by atoms with Crippen LogP contribution in [0.1, 0.15) is 46.6 Å². The minimum absolute atomic E-state index is 0.0544. The van der Waals surface area contributed by atoms with Gasteiger partial charge in [0.05, 0.1) is 0 Å². The molecular weight excluding hydrogens is 424 g/mol. The molecule has 9 heteroatoms. The molecule has 2 heterocycles. The Morgan fingerprint density at radius 2 is 1.97 bits per heavy atom. The maximum absolute atomic E-state index is 12.8. The molecular formula is C21H21ClN4O3S. The lowest BCUT2D eigenvalue weighted by Crippen LogP contribution is -2.43. The Balaban J connectivity index is 1.54. The lowest BCUT2D eigenvalue weighted by molar-refractivity contribution is 0.363. The molecule has 2 aromatic heterocycles. The summed E-state index contributed by atoms with van der Waals surface area (Å²) >= 11 is 10.5. The molecule has 0 aliphatic heterocycles. The van der Waals surface area contributed by atoms with Gasteiger partial charge in [-0.05, 0) is 49.5 Å². The van der Waals surface area contributed by atoms with Crippen molar-refractivity contribution in [2.75, 3.05) is 0 Å². The minimum atomic E-state index is -0.367. The van der Waals surface area contributed by atoms with Gasteiger partial charge < -0.3 is 9.09 Å². The molecule has 1 aromatic carbocycles. The van der Waals surface area contributed by atoms with Crippen LogP contribution in [-0.2, 0) is 26.4 Å². The number of aromatic nitrogens is 4. The van der Waals surface area contributed by atoms with Gasteiger partial charge in [0.2, 0.25) is 5.89 Å². The Morgan fingerprint density at radius 1 is 1.23 bits per heavy atom. The molecule has 0 fully saturated rings. The number of benzene rings is 1. The topological polar surface area (TPSA) is 82.9 Å². The number of hydrogen-bond donors (Lipinski definition) is 1. The molecule has 1 unspecified atom stereocenters. The first kappa shape index (κ1) is 20.7. The SMILES string of the molecule is Cn1c2c(c(=O)n(Cc3nc(/C=C/C(S)c4ccc(Cl)cc4)no3)c1=O)CCCC2. The van der Waals surface area contributed by atoms with Crippen LogP contribution in [0.5, 0.6) is 0 Å². The average Bonchev–Trinajstić information content (AvgIpc) is 3.21. The van der Waals surface area contributed by atoms with E-state index in [1.807, 2.05) is 18.2 Å². The first-order valence-electron chi connectivity index (χ1n) is 9.70. The molecule has 0 saturated carbocycles. The summed E-state index contributed by atoms with van der Waals surface area (Å²) in [6.07, 6.45) is 6.90. The predicted molar refractivity (Wildman–Crippen MR) is 118 cm³/mol. The third kappa shape index (κ3) is 4.15. The van der Waals surface area contributed by atoms with Crippen LogP contribution in [-0.4, -0.2) is 19.3 Å². The van der Waals surface area contributed by atoms with Gasteiger partial charge in [-0.15, -0.1) is 0 Å². The molecule has 1 atom stereocenters. The van der Waals surface area contributed by atoms with E-state index in [-0.39, 0.29) is 28.9 Å². The molecule has 0 radical (unpaired) electrons. The van der Waals surface area contributed by atoms with Crippen LogP contribution >= 0.6 is 24.2 Å². The van der Waals surface area contributed by atoms with Gasteiger partial charge in [-0.1, -0.05) is 35.0 Å². The van der Waals surface area contributed by atoms with Gasteiger partial charge in [-0.2, -0.15) is 17.6 Å². The first-order chi connectivity index (χ1) is 14.4. The number of nitrogens with zero attached hydrogens (tertiary/aromatic N) is 4. The van der Waals surface area contributed by atoms with Gasteiger partial charge in [-0.25, -0.2) is 4.79 Å². The van der Waals surface area contributed by atoms with Crippen LogP contribution < -0.4 is 11.2 Å². The second-order valence-corrected chi connectivity index (χ2v) is 8.26. The fraction of sp³-hybridized carbons (Fsp3) is 0.333. The third-order valence-electron chi connectivity index (χ3n) is 5.28. The van der Waals surface area contributed by atoms with Crippen molar-refractivity contribution in [1.82, 2.24) is 19.3 Å². The van der Waals surface area contributed by atoms with E-state index in [0.717, 1.165) is 30.5 Å². The summed E-state index contributed by atoms with van der Waals surface area (Å²) in [5.74, 6) is 0.549. The minimum Gasteiger partial charge on any atom is -0.337 e. The van der Waals surface area contributed by atoms with E-state index < -0.39 is 0 Å². The van der Waals surface area contributed by atoms with Crippen LogP contribution in [0.15, 0.2) is 44.5 Å². The Hall–Kier alpha value is -2.58. The third-order valence-corrected chi connectivity index (χ3v) is 6.00. The molecule has 7 nitrogen and oxygen atoms in total. The average molecular weight is 445 g/mol. The van der Waals surface area contributed by atoms with E-state index in [4.69, 9.17) is 16.1 Å². The zero-order chi connectivity index (χ0) is 21.3. The first-order valence-corrected chi connectivity index (χ1v) is 10.6. The molecule has 1 aliphatic rings. The zero-order valence-corrected chi connectivity index (χ0v) is 18.1. The molecule has 3 aromatic rings. The summed E-state index contributed by atoms with van der Waals surface area (Å²) in [7, 11) is 1.70. The van der Waals surface area contributed by atoms with Gasteiger partial charge in [0.1, 0.15) is 6.54 Å². The van der Waals surface area contributed by atoms with Crippen molar-refractivity contribution in [3.05, 3.63) is 84.7 Å². The van der Waals surface area contributed by atoms with Crippen molar-refractivity contribution in [1.29, 1.82) is 0 Å². The highest BCUT2D eigenvalue weighted by molar-refractivity contribution is 7.80. The van der Waals surface area contributed by atoms with Crippen LogP contribution in [0.3, 0.4) is 0 Å². The number of thiol groups is 1.